The number of carboxylic acids is 1. The zero-order chi connectivity index (χ0) is 33.1. The molecule has 1 atom stereocenters. The highest BCUT2D eigenvalue weighted by atomic mass is 19.4. The Bertz CT molecular complexity index is 1550. The summed E-state index contributed by atoms with van der Waals surface area (Å²) < 4.78 is 81.5. The predicted molar refractivity (Wildman–Crippen MR) is 160 cm³/mol. The molecule has 7 nitrogen and oxygen atoms in total. The number of aromatic nitrogens is 1. The van der Waals surface area contributed by atoms with Crippen LogP contribution in [0.15, 0.2) is 54.7 Å². The minimum Gasteiger partial charge on any atom is -0.480 e. The Morgan fingerprint density at radius 2 is 1.50 bits per heavy atom. The molecule has 2 fully saturated rings. The van der Waals surface area contributed by atoms with E-state index in [0.29, 0.717) is 10.9 Å². The largest absolute Gasteiger partial charge is 0.480 e. The number of hydrogen-bond donors (Lipinski definition) is 2. The van der Waals surface area contributed by atoms with Gasteiger partial charge in [0.15, 0.2) is 0 Å². The van der Waals surface area contributed by atoms with E-state index in [0.717, 1.165) is 59.6 Å². The minimum atomic E-state index is -5.09. The Balaban J connectivity index is 1.40. The highest BCUT2D eigenvalue weighted by molar-refractivity contribution is 5.98. The number of carbonyl (C=O) groups excluding carboxylic acids is 1. The molecule has 2 aliphatic heterocycles. The summed E-state index contributed by atoms with van der Waals surface area (Å²) in [5.41, 5.74) is 0.143. The predicted octanol–water partition coefficient (Wildman–Crippen LogP) is 6.21. The Morgan fingerprint density at radius 1 is 0.848 bits per heavy atom. The zero-order valence-corrected chi connectivity index (χ0v) is 25.1. The molecule has 1 amide bonds. The summed E-state index contributed by atoms with van der Waals surface area (Å²) in [5.74, 6) is -3.07. The molecule has 0 bridgehead atoms. The van der Waals surface area contributed by atoms with Gasteiger partial charge in [-0.15, -0.1) is 0 Å². The molecule has 3 heterocycles. The van der Waals surface area contributed by atoms with Crippen LogP contribution >= 0.6 is 0 Å². The first-order valence-electron chi connectivity index (χ1n) is 15.3. The number of aliphatic carboxylic acids is 1. The summed E-state index contributed by atoms with van der Waals surface area (Å²) in [6.45, 7) is 0.117. The molecule has 5 rings (SSSR count). The molecule has 0 saturated carbocycles. The summed E-state index contributed by atoms with van der Waals surface area (Å²) in [6, 6.07) is 13.0. The molecular weight excluding hydrogens is 614 g/mol. The van der Waals surface area contributed by atoms with Crippen molar-refractivity contribution in [3.63, 3.8) is 0 Å². The summed E-state index contributed by atoms with van der Waals surface area (Å²) in [4.78, 5) is 33.4. The van der Waals surface area contributed by atoms with E-state index in [2.05, 4.69) is 15.2 Å². The highest BCUT2D eigenvalue weighted by Gasteiger charge is 2.61. The number of carboxylic acid groups (broad SMARTS) is 1. The van der Waals surface area contributed by atoms with Gasteiger partial charge in [0.2, 0.25) is 5.91 Å². The van der Waals surface area contributed by atoms with Gasteiger partial charge < -0.3 is 10.4 Å². The third kappa shape index (κ3) is 7.46. The van der Waals surface area contributed by atoms with Crippen LogP contribution in [-0.4, -0.2) is 82.9 Å². The normalized spacial score (nSPS) is 18.7. The van der Waals surface area contributed by atoms with E-state index >= 15 is 0 Å². The lowest BCUT2D eigenvalue weighted by Gasteiger charge is -2.42. The molecule has 2 saturated heterocycles. The second-order valence-electron chi connectivity index (χ2n) is 12.2. The standard InChI is InChI=1S/C33H36F6N4O3/c34-32(35,36)21-43-17-12-31(13-18-43,33(37,38)39)30(46)41-27(29(44)45)19-22-7-4-10-25-24(22)9-5-11-26(25)28-23(8-6-14-40-28)20-42-15-2-1-3-16-42/h4-11,14,27H,1-3,12-13,15-21H2,(H,41,46)(H,44,45)/t27-/m0/s1. The van der Waals surface area contributed by atoms with Crippen molar-refractivity contribution >= 4 is 22.6 Å². The molecule has 2 N–H and O–H groups in total. The fraction of sp³-hybridized carbons (Fsp3) is 0.485. The Hall–Kier alpha value is -3.71. The Morgan fingerprint density at radius 3 is 2.15 bits per heavy atom. The quantitative estimate of drug-likeness (QED) is 0.268. The molecule has 3 aromatic rings. The van der Waals surface area contributed by atoms with Crippen LogP contribution in [0.25, 0.3) is 22.0 Å². The summed E-state index contributed by atoms with van der Waals surface area (Å²) in [5, 5.41) is 13.5. The van der Waals surface area contributed by atoms with Crippen molar-refractivity contribution in [2.75, 3.05) is 32.7 Å². The number of hydrogen-bond acceptors (Lipinski definition) is 5. The van der Waals surface area contributed by atoms with Crippen LogP contribution in [0, 0.1) is 5.41 Å². The van der Waals surface area contributed by atoms with E-state index in [1.54, 1.807) is 24.4 Å². The van der Waals surface area contributed by atoms with Crippen LogP contribution < -0.4 is 5.32 Å². The number of rotatable bonds is 9. The van der Waals surface area contributed by atoms with Gasteiger partial charge in [-0.1, -0.05) is 48.9 Å². The maximum absolute atomic E-state index is 14.3. The number of pyridine rings is 1. The molecule has 0 aliphatic carbocycles. The maximum atomic E-state index is 14.3. The van der Waals surface area contributed by atoms with E-state index < -0.39 is 68.2 Å². The first kappa shape index (κ1) is 33.6. The molecule has 2 aromatic carbocycles. The summed E-state index contributed by atoms with van der Waals surface area (Å²) >= 11 is 0. The van der Waals surface area contributed by atoms with Crippen LogP contribution in [0.3, 0.4) is 0 Å². The van der Waals surface area contributed by atoms with Gasteiger partial charge in [-0.05, 0) is 79.8 Å². The van der Waals surface area contributed by atoms with Crippen molar-refractivity contribution in [2.45, 2.75) is 63.5 Å². The molecule has 13 heteroatoms. The molecule has 46 heavy (non-hydrogen) atoms. The van der Waals surface area contributed by atoms with Crippen molar-refractivity contribution in [1.82, 2.24) is 20.1 Å². The average Bonchev–Trinajstić information content (AvgIpc) is 3.00. The van der Waals surface area contributed by atoms with Crippen LogP contribution in [-0.2, 0) is 22.6 Å². The molecule has 0 unspecified atom stereocenters. The van der Waals surface area contributed by atoms with E-state index in [-0.39, 0.29) is 6.42 Å². The number of carbonyl (C=O) groups is 2. The van der Waals surface area contributed by atoms with E-state index in [1.807, 2.05) is 30.3 Å². The molecule has 0 radical (unpaired) electrons. The number of amides is 1. The molecule has 1 aromatic heterocycles. The fourth-order valence-corrected chi connectivity index (χ4v) is 6.63. The number of fused-ring (bicyclic) bond motifs is 1. The SMILES string of the molecule is O=C(O)[C@H](Cc1cccc2c(-c3ncccc3CN3CCCCC3)cccc12)NC(=O)C1(C(F)(F)F)CCN(CC(F)(F)F)CC1. The number of halogens is 6. The van der Waals surface area contributed by atoms with Gasteiger partial charge in [0, 0.05) is 24.7 Å². The number of benzene rings is 2. The van der Waals surface area contributed by atoms with Gasteiger partial charge in [0.05, 0.1) is 12.2 Å². The molecule has 248 valence electrons. The second kappa shape index (κ2) is 13.6. The van der Waals surface area contributed by atoms with Gasteiger partial charge in [-0.2, -0.15) is 26.3 Å². The molecule has 2 aliphatic rings. The fourth-order valence-electron chi connectivity index (χ4n) is 6.63. The first-order chi connectivity index (χ1) is 21.8. The van der Waals surface area contributed by atoms with E-state index in [1.165, 1.54) is 6.42 Å². The van der Waals surface area contributed by atoms with Gasteiger partial charge in [0.25, 0.3) is 0 Å². The molecular formula is C33H36F6N4O3. The zero-order valence-electron chi connectivity index (χ0n) is 25.1. The number of alkyl halides is 6. The van der Waals surface area contributed by atoms with E-state index in [9.17, 15) is 41.0 Å². The van der Waals surface area contributed by atoms with Crippen molar-refractivity contribution in [3.05, 3.63) is 65.9 Å². The smallest absolute Gasteiger partial charge is 0.403 e. The van der Waals surface area contributed by atoms with Gasteiger partial charge in [-0.3, -0.25) is 19.6 Å². The Kier molecular flexibility index (Phi) is 9.92. The maximum Gasteiger partial charge on any atom is 0.403 e. The van der Waals surface area contributed by atoms with Crippen molar-refractivity contribution in [3.8, 4) is 11.3 Å². The van der Waals surface area contributed by atoms with Gasteiger partial charge >= 0.3 is 18.3 Å². The number of piperidine rings is 2. The number of likely N-dealkylation sites (tertiary alicyclic amines) is 2. The van der Waals surface area contributed by atoms with Gasteiger partial charge in [0.1, 0.15) is 11.5 Å². The topological polar surface area (TPSA) is 85.8 Å². The summed E-state index contributed by atoms with van der Waals surface area (Å²) in [7, 11) is 0. The van der Waals surface area contributed by atoms with Gasteiger partial charge in [-0.25, -0.2) is 4.79 Å². The lowest BCUT2D eigenvalue weighted by atomic mass is 9.76. The Labute approximate surface area is 262 Å². The highest BCUT2D eigenvalue weighted by Crippen LogP contribution is 2.47. The average molecular weight is 651 g/mol. The lowest BCUT2D eigenvalue weighted by molar-refractivity contribution is -0.236. The van der Waals surface area contributed by atoms with Crippen LogP contribution in [0.2, 0.25) is 0 Å². The van der Waals surface area contributed by atoms with Crippen LogP contribution in [0.1, 0.15) is 43.2 Å². The third-order valence-electron chi connectivity index (χ3n) is 9.12. The number of nitrogens with one attached hydrogen (secondary N) is 1. The van der Waals surface area contributed by atoms with Crippen LogP contribution in [0.5, 0.6) is 0 Å². The van der Waals surface area contributed by atoms with Crippen LogP contribution in [0.4, 0.5) is 26.3 Å². The second-order valence-corrected chi connectivity index (χ2v) is 12.2. The lowest BCUT2D eigenvalue weighted by Crippen LogP contribution is -2.59. The molecule has 0 spiro atoms. The van der Waals surface area contributed by atoms with E-state index in [4.69, 9.17) is 0 Å². The van der Waals surface area contributed by atoms with Crippen molar-refractivity contribution in [1.29, 1.82) is 0 Å². The van der Waals surface area contributed by atoms with Crippen molar-refractivity contribution in [2.24, 2.45) is 5.41 Å². The number of nitrogens with zero attached hydrogens (tertiary/aromatic N) is 3. The summed E-state index contributed by atoms with van der Waals surface area (Å²) in [6.07, 6.45) is -6.64. The van der Waals surface area contributed by atoms with Crippen molar-refractivity contribution < 1.29 is 41.0 Å². The minimum absolute atomic E-state index is 0.307. The third-order valence-corrected chi connectivity index (χ3v) is 9.12. The first-order valence-corrected chi connectivity index (χ1v) is 15.3. The monoisotopic (exact) mass is 650 g/mol.